The monoisotopic (exact) mass is 146 g/mol. The Balaban J connectivity index is 2.46. The topological polar surface area (TPSA) is 49.7 Å². The number of ether oxygens (including phenoxy) is 1. The van der Waals surface area contributed by atoms with Gasteiger partial charge in [0, 0.05) is 6.61 Å². The summed E-state index contributed by atoms with van der Waals surface area (Å²) >= 11 is 0. The van der Waals surface area contributed by atoms with E-state index in [0.29, 0.717) is 13.0 Å². The van der Waals surface area contributed by atoms with Gasteiger partial charge in [0.2, 0.25) is 0 Å². The molecule has 10 heavy (non-hydrogen) atoms. The first kappa shape index (κ1) is 7.98. The van der Waals surface area contributed by atoms with Crippen molar-refractivity contribution >= 4 is 0 Å². The van der Waals surface area contributed by atoms with E-state index in [1.165, 1.54) is 0 Å². The number of aliphatic hydroxyl groups excluding tert-OH is 2. The van der Waals surface area contributed by atoms with Gasteiger partial charge in [-0.25, -0.2) is 0 Å². The lowest BCUT2D eigenvalue weighted by Gasteiger charge is -2.19. The molecule has 60 valence electrons. The molecule has 0 spiro atoms. The molecule has 3 atom stereocenters. The van der Waals surface area contributed by atoms with Gasteiger partial charge in [0.15, 0.2) is 0 Å². The molecule has 2 N–H and O–H groups in total. The SMILES string of the molecule is CC1OCCC[C@H](O)[C@@H]1O. The molecule has 1 unspecified atom stereocenters. The van der Waals surface area contributed by atoms with Crippen molar-refractivity contribution in [2.75, 3.05) is 6.61 Å². The zero-order valence-electron chi connectivity index (χ0n) is 6.16. The van der Waals surface area contributed by atoms with Crippen LogP contribution in [0.4, 0.5) is 0 Å². The van der Waals surface area contributed by atoms with Crippen LogP contribution in [0.25, 0.3) is 0 Å². The van der Waals surface area contributed by atoms with Crippen LogP contribution in [0, 0.1) is 0 Å². The van der Waals surface area contributed by atoms with Gasteiger partial charge < -0.3 is 14.9 Å². The Bertz CT molecular complexity index is 93.0. The largest absolute Gasteiger partial charge is 0.390 e. The molecular formula is C7H14O3. The lowest BCUT2D eigenvalue weighted by molar-refractivity contribution is -0.0617. The summed E-state index contributed by atoms with van der Waals surface area (Å²) in [6.45, 7) is 2.43. The highest BCUT2D eigenvalue weighted by Crippen LogP contribution is 2.13. The minimum absolute atomic E-state index is 0.225. The zero-order valence-corrected chi connectivity index (χ0v) is 6.16. The predicted molar refractivity (Wildman–Crippen MR) is 36.7 cm³/mol. The second kappa shape index (κ2) is 3.32. The first-order chi connectivity index (χ1) is 4.72. The normalized spacial score (nSPS) is 42.9. The summed E-state index contributed by atoms with van der Waals surface area (Å²) in [6, 6.07) is 0. The van der Waals surface area contributed by atoms with Gasteiger partial charge in [0.25, 0.3) is 0 Å². The molecule has 0 bridgehead atoms. The Kier molecular flexibility index (Phi) is 2.65. The molecule has 0 aliphatic carbocycles. The lowest BCUT2D eigenvalue weighted by Crippen LogP contribution is -2.34. The van der Waals surface area contributed by atoms with E-state index in [-0.39, 0.29) is 6.10 Å². The average Bonchev–Trinajstić information content (AvgIpc) is 2.04. The van der Waals surface area contributed by atoms with Crippen molar-refractivity contribution in [2.45, 2.75) is 38.1 Å². The number of hydrogen-bond donors (Lipinski definition) is 2. The third kappa shape index (κ3) is 1.68. The maximum Gasteiger partial charge on any atom is 0.106 e. The fourth-order valence-corrected chi connectivity index (χ4v) is 1.14. The number of aliphatic hydroxyl groups is 2. The van der Waals surface area contributed by atoms with Crippen LogP contribution in [0.15, 0.2) is 0 Å². The molecule has 1 rings (SSSR count). The minimum atomic E-state index is -0.706. The van der Waals surface area contributed by atoms with Crippen LogP contribution in [0.5, 0.6) is 0 Å². The zero-order chi connectivity index (χ0) is 7.56. The van der Waals surface area contributed by atoms with Crippen molar-refractivity contribution in [3.8, 4) is 0 Å². The fraction of sp³-hybridized carbons (Fsp3) is 1.00. The average molecular weight is 146 g/mol. The summed E-state index contributed by atoms with van der Waals surface area (Å²) in [5, 5.41) is 18.4. The molecule has 1 aliphatic heterocycles. The van der Waals surface area contributed by atoms with Crippen molar-refractivity contribution in [1.29, 1.82) is 0 Å². The van der Waals surface area contributed by atoms with E-state index >= 15 is 0 Å². The highest BCUT2D eigenvalue weighted by atomic mass is 16.5. The van der Waals surface area contributed by atoms with Crippen LogP contribution in [-0.4, -0.2) is 35.1 Å². The fourth-order valence-electron chi connectivity index (χ4n) is 1.14. The first-order valence-electron chi connectivity index (χ1n) is 3.69. The Labute approximate surface area is 60.6 Å². The molecule has 1 aliphatic rings. The molecule has 0 saturated carbocycles. The van der Waals surface area contributed by atoms with Crippen LogP contribution < -0.4 is 0 Å². The van der Waals surface area contributed by atoms with Gasteiger partial charge in [-0.2, -0.15) is 0 Å². The summed E-state index contributed by atoms with van der Waals surface area (Å²) in [7, 11) is 0. The van der Waals surface area contributed by atoms with Gasteiger partial charge in [0.05, 0.1) is 12.2 Å². The number of hydrogen-bond acceptors (Lipinski definition) is 3. The second-order valence-corrected chi connectivity index (χ2v) is 2.78. The maximum absolute atomic E-state index is 9.25. The van der Waals surface area contributed by atoms with Crippen molar-refractivity contribution < 1.29 is 14.9 Å². The Morgan fingerprint density at radius 3 is 2.80 bits per heavy atom. The lowest BCUT2D eigenvalue weighted by atomic mass is 10.1. The Morgan fingerprint density at radius 1 is 1.40 bits per heavy atom. The van der Waals surface area contributed by atoms with Crippen LogP contribution >= 0.6 is 0 Å². The number of rotatable bonds is 0. The van der Waals surface area contributed by atoms with E-state index in [0.717, 1.165) is 6.42 Å². The molecule has 1 heterocycles. The minimum Gasteiger partial charge on any atom is -0.390 e. The predicted octanol–water partition coefficient (Wildman–Crippen LogP) is -0.0929. The van der Waals surface area contributed by atoms with Crippen molar-refractivity contribution in [2.24, 2.45) is 0 Å². The van der Waals surface area contributed by atoms with Gasteiger partial charge in [-0.05, 0) is 19.8 Å². The van der Waals surface area contributed by atoms with Gasteiger partial charge in [-0.1, -0.05) is 0 Å². The van der Waals surface area contributed by atoms with Crippen LogP contribution in [0.3, 0.4) is 0 Å². The third-order valence-corrected chi connectivity index (χ3v) is 1.90. The summed E-state index contributed by atoms with van der Waals surface area (Å²) < 4.78 is 5.18. The van der Waals surface area contributed by atoms with Gasteiger partial charge in [0.1, 0.15) is 6.10 Å². The molecule has 0 aromatic rings. The van der Waals surface area contributed by atoms with E-state index in [1.807, 2.05) is 0 Å². The Hall–Kier alpha value is -0.120. The highest BCUT2D eigenvalue weighted by molar-refractivity contribution is 4.75. The smallest absolute Gasteiger partial charge is 0.106 e. The van der Waals surface area contributed by atoms with Crippen LogP contribution in [0.2, 0.25) is 0 Å². The molecule has 0 aromatic heterocycles. The molecule has 1 fully saturated rings. The summed E-state index contributed by atoms with van der Waals surface area (Å²) in [5.41, 5.74) is 0. The molecule has 0 aromatic carbocycles. The van der Waals surface area contributed by atoms with Gasteiger partial charge in [-0.15, -0.1) is 0 Å². The van der Waals surface area contributed by atoms with Gasteiger partial charge in [-0.3, -0.25) is 0 Å². The van der Waals surface area contributed by atoms with Crippen molar-refractivity contribution in [1.82, 2.24) is 0 Å². The highest BCUT2D eigenvalue weighted by Gasteiger charge is 2.25. The van der Waals surface area contributed by atoms with Crippen molar-refractivity contribution in [3.63, 3.8) is 0 Å². The van der Waals surface area contributed by atoms with Gasteiger partial charge >= 0.3 is 0 Å². The second-order valence-electron chi connectivity index (χ2n) is 2.78. The third-order valence-electron chi connectivity index (χ3n) is 1.90. The van der Waals surface area contributed by atoms with E-state index in [9.17, 15) is 10.2 Å². The van der Waals surface area contributed by atoms with E-state index in [2.05, 4.69) is 0 Å². The van der Waals surface area contributed by atoms with E-state index in [4.69, 9.17) is 4.74 Å². The summed E-state index contributed by atoms with van der Waals surface area (Å²) in [4.78, 5) is 0. The molecule has 0 amide bonds. The molecule has 0 radical (unpaired) electrons. The van der Waals surface area contributed by atoms with Crippen LogP contribution in [0.1, 0.15) is 19.8 Å². The van der Waals surface area contributed by atoms with Crippen molar-refractivity contribution in [3.05, 3.63) is 0 Å². The van der Waals surface area contributed by atoms with Crippen LogP contribution in [-0.2, 0) is 4.74 Å². The first-order valence-corrected chi connectivity index (χ1v) is 3.69. The van der Waals surface area contributed by atoms with E-state index < -0.39 is 12.2 Å². The standard InChI is InChI=1S/C7H14O3/c1-5-7(9)6(8)3-2-4-10-5/h5-9H,2-4H2,1H3/t5?,6-,7+/m0/s1. The summed E-state index contributed by atoms with van der Waals surface area (Å²) in [6.07, 6.45) is -0.0499. The van der Waals surface area contributed by atoms with E-state index in [1.54, 1.807) is 6.92 Å². The Morgan fingerprint density at radius 2 is 2.10 bits per heavy atom. The molecule has 1 saturated heterocycles. The quantitative estimate of drug-likeness (QED) is 0.502. The molecular weight excluding hydrogens is 132 g/mol. The molecule has 3 heteroatoms. The molecule has 3 nitrogen and oxygen atoms in total. The summed E-state index contributed by atoms with van der Waals surface area (Å²) in [5.74, 6) is 0. The maximum atomic E-state index is 9.25.